The summed E-state index contributed by atoms with van der Waals surface area (Å²) >= 11 is 4.98. The van der Waals surface area contributed by atoms with Crippen LogP contribution in [0.15, 0.2) is 4.47 Å². The van der Waals surface area contributed by atoms with Gasteiger partial charge < -0.3 is 14.4 Å². The zero-order chi connectivity index (χ0) is 14.3. The summed E-state index contributed by atoms with van der Waals surface area (Å²) in [6.07, 6.45) is 2.70. The van der Waals surface area contributed by atoms with Crippen molar-refractivity contribution in [3.05, 3.63) is 14.2 Å². The van der Waals surface area contributed by atoms with E-state index in [4.69, 9.17) is 9.47 Å². The summed E-state index contributed by atoms with van der Waals surface area (Å²) in [4.78, 5) is 16.4. The zero-order valence-electron chi connectivity index (χ0n) is 11.6. The summed E-state index contributed by atoms with van der Waals surface area (Å²) in [5, 5.41) is 0. The molecule has 1 aliphatic heterocycles. The van der Waals surface area contributed by atoms with Crippen molar-refractivity contribution in [3.63, 3.8) is 0 Å². The molecular formula is C14H18BrNO3S. The van der Waals surface area contributed by atoms with Crippen LogP contribution in [-0.2, 0) is 4.74 Å². The van der Waals surface area contributed by atoms with Gasteiger partial charge in [-0.3, -0.25) is 4.79 Å². The molecule has 1 aromatic rings. The van der Waals surface area contributed by atoms with Crippen LogP contribution in [-0.4, -0.2) is 43.7 Å². The molecule has 0 N–H and O–H groups in total. The van der Waals surface area contributed by atoms with Gasteiger partial charge in [0.15, 0.2) is 5.75 Å². The highest BCUT2D eigenvalue weighted by molar-refractivity contribution is 9.10. The Labute approximate surface area is 131 Å². The van der Waals surface area contributed by atoms with E-state index < -0.39 is 0 Å². The summed E-state index contributed by atoms with van der Waals surface area (Å²) in [5.74, 6) is 1.38. The molecule has 2 heterocycles. The van der Waals surface area contributed by atoms with E-state index in [-0.39, 0.29) is 12.0 Å². The molecule has 6 heteroatoms. The van der Waals surface area contributed by atoms with E-state index in [1.54, 1.807) is 7.11 Å². The third-order valence-electron chi connectivity index (χ3n) is 3.90. The fourth-order valence-electron chi connectivity index (χ4n) is 2.58. The molecule has 1 unspecified atom stereocenters. The Morgan fingerprint density at radius 1 is 1.50 bits per heavy atom. The maximum atomic E-state index is 12.7. The van der Waals surface area contributed by atoms with E-state index in [2.05, 4.69) is 15.9 Å². The SMILES string of the molecule is COc1c(C(=O)N2CCOC(C3CC3)C2)sc(C)c1Br. The highest BCUT2D eigenvalue weighted by Crippen LogP contribution is 2.40. The van der Waals surface area contributed by atoms with Crippen molar-refractivity contribution >= 4 is 33.2 Å². The number of hydrogen-bond acceptors (Lipinski definition) is 4. The Hall–Kier alpha value is -0.590. The van der Waals surface area contributed by atoms with Crippen LogP contribution in [0.5, 0.6) is 5.75 Å². The number of halogens is 1. The number of ether oxygens (including phenoxy) is 2. The Kier molecular flexibility index (Phi) is 4.06. The molecule has 0 spiro atoms. The van der Waals surface area contributed by atoms with Crippen molar-refractivity contribution < 1.29 is 14.3 Å². The molecule has 1 aliphatic carbocycles. The number of thiophene rings is 1. The van der Waals surface area contributed by atoms with Crippen LogP contribution >= 0.6 is 27.3 Å². The van der Waals surface area contributed by atoms with Gasteiger partial charge in [-0.2, -0.15) is 0 Å². The summed E-state index contributed by atoms with van der Waals surface area (Å²) in [6, 6.07) is 0. The highest BCUT2D eigenvalue weighted by Gasteiger charge is 2.37. The number of methoxy groups -OCH3 is 1. The first-order valence-electron chi connectivity index (χ1n) is 6.85. The molecule has 3 rings (SSSR count). The minimum Gasteiger partial charge on any atom is -0.494 e. The van der Waals surface area contributed by atoms with Crippen LogP contribution in [0, 0.1) is 12.8 Å². The molecule has 1 saturated carbocycles. The first kappa shape index (κ1) is 14.4. The van der Waals surface area contributed by atoms with Gasteiger partial charge in [0.05, 0.1) is 24.3 Å². The lowest BCUT2D eigenvalue weighted by molar-refractivity contribution is -0.0313. The average molecular weight is 360 g/mol. The fourth-order valence-corrected chi connectivity index (χ4v) is 4.30. The van der Waals surface area contributed by atoms with E-state index in [0.29, 0.717) is 36.2 Å². The van der Waals surface area contributed by atoms with Gasteiger partial charge in [-0.05, 0) is 41.6 Å². The molecule has 0 radical (unpaired) electrons. The molecule has 2 aliphatic rings. The molecular weight excluding hydrogens is 342 g/mol. The van der Waals surface area contributed by atoms with Crippen LogP contribution in [0.1, 0.15) is 27.4 Å². The van der Waals surface area contributed by atoms with Crippen LogP contribution < -0.4 is 4.74 Å². The van der Waals surface area contributed by atoms with Gasteiger partial charge >= 0.3 is 0 Å². The Balaban J connectivity index is 1.79. The number of amides is 1. The number of morpholine rings is 1. The van der Waals surface area contributed by atoms with E-state index in [9.17, 15) is 4.79 Å². The van der Waals surface area contributed by atoms with Gasteiger partial charge in [0.1, 0.15) is 4.88 Å². The van der Waals surface area contributed by atoms with Gasteiger partial charge in [0, 0.05) is 18.0 Å². The van der Waals surface area contributed by atoms with Crippen molar-refractivity contribution in [2.75, 3.05) is 26.8 Å². The first-order chi connectivity index (χ1) is 9.61. The van der Waals surface area contributed by atoms with Crippen LogP contribution in [0.3, 0.4) is 0 Å². The summed E-state index contributed by atoms with van der Waals surface area (Å²) in [5.41, 5.74) is 0. The molecule has 1 aromatic heterocycles. The zero-order valence-corrected chi connectivity index (χ0v) is 14.1. The molecule has 1 saturated heterocycles. The molecule has 4 nitrogen and oxygen atoms in total. The minimum absolute atomic E-state index is 0.0644. The van der Waals surface area contributed by atoms with E-state index in [0.717, 1.165) is 9.35 Å². The number of rotatable bonds is 3. The van der Waals surface area contributed by atoms with Gasteiger partial charge in [-0.25, -0.2) is 0 Å². The van der Waals surface area contributed by atoms with Crippen molar-refractivity contribution in [2.45, 2.75) is 25.9 Å². The number of aryl methyl sites for hydroxylation is 1. The first-order valence-corrected chi connectivity index (χ1v) is 8.46. The fraction of sp³-hybridized carbons (Fsp3) is 0.643. The number of nitrogens with zero attached hydrogens (tertiary/aromatic N) is 1. The van der Waals surface area contributed by atoms with Gasteiger partial charge in [-0.15, -0.1) is 11.3 Å². The summed E-state index contributed by atoms with van der Waals surface area (Å²) in [7, 11) is 1.61. The van der Waals surface area contributed by atoms with Crippen LogP contribution in [0.25, 0.3) is 0 Å². The molecule has 1 amide bonds. The second-order valence-corrected chi connectivity index (χ2v) is 7.35. The predicted molar refractivity (Wildman–Crippen MR) is 81.7 cm³/mol. The maximum Gasteiger partial charge on any atom is 0.267 e. The van der Waals surface area contributed by atoms with Crippen LogP contribution in [0.4, 0.5) is 0 Å². The lowest BCUT2D eigenvalue weighted by atomic mass is 10.2. The van der Waals surface area contributed by atoms with Crippen LogP contribution in [0.2, 0.25) is 0 Å². The van der Waals surface area contributed by atoms with Crippen molar-refractivity contribution in [2.24, 2.45) is 5.92 Å². The molecule has 0 aromatic carbocycles. The van der Waals surface area contributed by atoms with Crippen molar-refractivity contribution in [1.29, 1.82) is 0 Å². The lowest BCUT2D eigenvalue weighted by Crippen LogP contribution is -2.46. The topological polar surface area (TPSA) is 38.8 Å². The second kappa shape index (κ2) is 5.66. The molecule has 0 bridgehead atoms. The quantitative estimate of drug-likeness (QED) is 0.832. The van der Waals surface area contributed by atoms with Gasteiger partial charge in [-0.1, -0.05) is 0 Å². The average Bonchev–Trinajstić information content (AvgIpc) is 3.26. The predicted octanol–water partition coefficient (Wildman–Crippen LogP) is 3.08. The number of hydrogen-bond donors (Lipinski definition) is 0. The summed E-state index contributed by atoms with van der Waals surface area (Å²) in [6.45, 7) is 4.00. The van der Waals surface area contributed by atoms with E-state index in [1.807, 2.05) is 11.8 Å². The lowest BCUT2D eigenvalue weighted by Gasteiger charge is -2.33. The smallest absolute Gasteiger partial charge is 0.267 e. The third-order valence-corrected chi connectivity index (χ3v) is 6.19. The maximum absolute atomic E-state index is 12.7. The molecule has 20 heavy (non-hydrogen) atoms. The van der Waals surface area contributed by atoms with Crippen molar-refractivity contribution in [1.82, 2.24) is 4.90 Å². The van der Waals surface area contributed by atoms with Gasteiger partial charge in [0.2, 0.25) is 0 Å². The minimum atomic E-state index is 0.0644. The number of carbonyl (C=O) groups excluding carboxylic acids is 1. The molecule has 110 valence electrons. The van der Waals surface area contributed by atoms with E-state index >= 15 is 0 Å². The molecule has 2 fully saturated rings. The highest BCUT2D eigenvalue weighted by atomic mass is 79.9. The summed E-state index contributed by atoms with van der Waals surface area (Å²) < 4.78 is 12.0. The largest absolute Gasteiger partial charge is 0.494 e. The molecule has 1 atom stereocenters. The second-order valence-electron chi connectivity index (χ2n) is 5.33. The Morgan fingerprint density at radius 3 is 2.90 bits per heavy atom. The van der Waals surface area contributed by atoms with Crippen molar-refractivity contribution in [3.8, 4) is 5.75 Å². The van der Waals surface area contributed by atoms with E-state index in [1.165, 1.54) is 24.2 Å². The Bertz CT molecular complexity index is 527. The number of carbonyl (C=O) groups is 1. The standard InChI is InChI=1S/C14H18BrNO3S/c1-8-11(15)12(18-2)13(20-8)14(17)16-5-6-19-10(7-16)9-3-4-9/h9-10H,3-7H2,1-2H3. The monoisotopic (exact) mass is 359 g/mol. The van der Waals surface area contributed by atoms with Gasteiger partial charge in [0.25, 0.3) is 5.91 Å². The Morgan fingerprint density at radius 2 is 2.25 bits per heavy atom. The third kappa shape index (κ3) is 2.61. The normalized spacial score (nSPS) is 22.9.